The minimum atomic E-state index is 0.527. The zero-order valence-electron chi connectivity index (χ0n) is 9.93. The highest BCUT2D eigenvalue weighted by Crippen LogP contribution is 2.31. The quantitative estimate of drug-likeness (QED) is 0.641. The van der Waals surface area contributed by atoms with Crippen molar-refractivity contribution in [3.8, 4) is 5.75 Å². The summed E-state index contributed by atoms with van der Waals surface area (Å²) in [6, 6.07) is 11.7. The van der Waals surface area contributed by atoms with E-state index >= 15 is 0 Å². The SMILES string of the molecule is SCCOCCOc1ccc(Cl)c2ccccc12. The van der Waals surface area contributed by atoms with Gasteiger partial charge in [-0.3, -0.25) is 0 Å². The third-order valence-electron chi connectivity index (χ3n) is 2.55. The van der Waals surface area contributed by atoms with Gasteiger partial charge < -0.3 is 9.47 Å². The van der Waals surface area contributed by atoms with E-state index in [1.54, 1.807) is 0 Å². The first-order chi connectivity index (χ1) is 8.83. The standard InChI is InChI=1S/C14H15ClO2S/c15-13-5-6-14(17-8-7-16-9-10-18)12-4-2-1-3-11(12)13/h1-6,18H,7-10H2. The molecule has 0 aliphatic heterocycles. The monoisotopic (exact) mass is 282 g/mol. The molecule has 2 nitrogen and oxygen atoms in total. The van der Waals surface area contributed by atoms with Gasteiger partial charge in [-0.2, -0.15) is 12.6 Å². The summed E-state index contributed by atoms with van der Waals surface area (Å²) in [6.45, 7) is 1.74. The molecule has 0 atom stereocenters. The summed E-state index contributed by atoms with van der Waals surface area (Å²) >= 11 is 10.2. The second-order valence-corrected chi connectivity index (χ2v) is 4.63. The van der Waals surface area contributed by atoms with Crippen LogP contribution >= 0.6 is 24.2 Å². The van der Waals surface area contributed by atoms with Crippen LogP contribution in [0.4, 0.5) is 0 Å². The van der Waals surface area contributed by atoms with Gasteiger partial charge in [0.15, 0.2) is 0 Å². The number of rotatable bonds is 6. The van der Waals surface area contributed by atoms with Gasteiger partial charge in [0.25, 0.3) is 0 Å². The molecule has 0 unspecified atom stereocenters. The zero-order chi connectivity index (χ0) is 12.8. The Kier molecular flexibility index (Phi) is 5.17. The van der Waals surface area contributed by atoms with Crippen molar-refractivity contribution in [2.75, 3.05) is 25.6 Å². The van der Waals surface area contributed by atoms with E-state index in [1.807, 2.05) is 36.4 Å². The molecule has 0 fully saturated rings. The molecule has 96 valence electrons. The number of fused-ring (bicyclic) bond motifs is 1. The zero-order valence-corrected chi connectivity index (χ0v) is 11.6. The Labute approximate surface area is 117 Å². The van der Waals surface area contributed by atoms with Crippen LogP contribution in [0, 0.1) is 0 Å². The van der Waals surface area contributed by atoms with E-state index in [9.17, 15) is 0 Å². The molecular weight excluding hydrogens is 268 g/mol. The van der Waals surface area contributed by atoms with Crippen LogP contribution in [-0.4, -0.2) is 25.6 Å². The van der Waals surface area contributed by atoms with Gasteiger partial charge in [-0.15, -0.1) is 0 Å². The molecule has 0 bridgehead atoms. The van der Waals surface area contributed by atoms with Crippen molar-refractivity contribution in [3.05, 3.63) is 41.4 Å². The number of hydrogen-bond acceptors (Lipinski definition) is 3. The van der Waals surface area contributed by atoms with Crippen LogP contribution in [0.2, 0.25) is 5.02 Å². The van der Waals surface area contributed by atoms with E-state index in [4.69, 9.17) is 21.1 Å². The van der Waals surface area contributed by atoms with Crippen LogP contribution < -0.4 is 4.74 Å². The highest BCUT2D eigenvalue weighted by atomic mass is 35.5. The highest BCUT2D eigenvalue weighted by Gasteiger charge is 2.04. The number of hydrogen-bond donors (Lipinski definition) is 1. The highest BCUT2D eigenvalue weighted by molar-refractivity contribution is 7.80. The van der Waals surface area contributed by atoms with E-state index in [2.05, 4.69) is 12.6 Å². The molecule has 0 heterocycles. The third-order valence-corrected chi connectivity index (χ3v) is 3.06. The van der Waals surface area contributed by atoms with Gasteiger partial charge in [0.2, 0.25) is 0 Å². The van der Waals surface area contributed by atoms with Crippen molar-refractivity contribution in [1.82, 2.24) is 0 Å². The fourth-order valence-electron chi connectivity index (χ4n) is 1.74. The molecule has 2 aromatic rings. The minimum Gasteiger partial charge on any atom is -0.491 e. The van der Waals surface area contributed by atoms with Gasteiger partial charge in [-0.25, -0.2) is 0 Å². The van der Waals surface area contributed by atoms with Crippen LogP contribution in [0.25, 0.3) is 10.8 Å². The first kappa shape index (κ1) is 13.5. The predicted molar refractivity (Wildman–Crippen MR) is 79.1 cm³/mol. The lowest BCUT2D eigenvalue weighted by atomic mass is 10.1. The fourth-order valence-corrected chi connectivity index (χ4v) is 2.09. The smallest absolute Gasteiger partial charge is 0.127 e. The molecule has 0 saturated carbocycles. The molecule has 2 aromatic carbocycles. The van der Waals surface area contributed by atoms with Gasteiger partial charge in [0.1, 0.15) is 12.4 Å². The van der Waals surface area contributed by atoms with Crippen molar-refractivity contribution < 1.29 is 9.47 Å². The molecule has 18 heavy (non-hydrogen) atoms. The molecule has 0 spiro atoms. The molecule has 0 aliphatic rings. The fraction of sp³-hybridized carbons (Fsp3) is 0.286. The lowest BCUT2D eigenvalue weighted by Crippen LogP contribution is -2.08. The second kappa shape index (κ2) is 6.88. The normalized spacial score (nSPS) is 10.8. The minimum absolute atomic E-state index is 0.527. The van der Waals surface area contributed by atoms with E-state index in [0.717, 1.165) is 27.3 Å². The van der Waals surface area contributed by atoms with Crippen molar-refractivity contribution in [2.45, 2.75) is 0 Å². The third kappa shape index (κ3) is 3.31. The molecule has 4 heteroatoms. The Morgan fingerprint density at radius 2 is 1.72 bits per heavy atom. The summed E-state index contributed by atoms with van der Waals surface area (Å²) in [5.41, 5.74) is 0. The topological polar surface area (TPSA) is 18.5 Å². The largest absolute Gasteiger partial charge is 0.491 e. The maximum Gasteiger partial charge on any atom is 0.127 e. The Morgan fingerprint density at radius 1 is 0.944 bits per heavy atom. The Balaban J connectivity index is 2.07. The van der Waals surface area contributed by atoms with Crippen LogP contribution in [0.3, 0.4) is 0 Å². The molecule has 0 amide bonds. The molecular formula is C14H15ClO2S. The summed E-state index contributed by atoms with van der Waals surface area (Å²) in [7, 11) is 0. The first-order valence-corrected chi connectivity index (χ1v) is 6.82. The van der Waals surface area contributed by atoms with Gasteiger partial charge in [0.05, 0.1) is 13.2 Å². The number of halogens is 1. The predicted octanol–water partition coefficient (Wildman–Crippen LogP) is 3.82. The maximum atomic E-state index is 6.14. The van der Waals surface area contributed by atoms with E-state index in [-0.39, 0.29) is 0 Å². The molecule has 0 aliphatic carbocycles. The van der Waals surface area contributed by atoms with Crippen LogP contribution in [0.5, 0.6) is 5.75 Å². The number of benzene rings is 2. The van der Waals surface area contributed by atoms with Gasteiger partial charge in [-0.1, -0.05) is 35.9 Å². The number of ether oxygens (including phenoxy) is 2. The molecule has 0 radical (unpaired) electrons. The van der Waals surface area contributed by atoms with E-state index in [1.165, 1.54) is 0 Å². The van der Waals surface area contributed by atoms with E-state index in [0.29, 0.717) is 19.8 Å². The summed E-state index contributed by atoms with van der Waals surface area (Å²) in [5, 5.41) is 2.77. The van der Waals surface area contributed by atoms with E-state index < -0.39 is 0 Å². The van der Waals surface area contributed by atoms with Crippen LogP contribution in [-0.2, 0) is 4.74 Å². The average molecular weight is 283 g/mol. The first-order valence-electron chi connectivity index (χ1n) is 5.81. The molecule has 0 saturated heterocycles. The van der Waals surface area contributed by atoms with Crippen LogP contribution in [0.1, 0.15) is 0 Å². The lowest BCUT2D eigenvalue weighted by Gasteiger charge is -2.10. The van der Waals surface area contributed by atoms with Crippen molar-refractivity contribution in [2.24, 2.45) is 0 Å². The van der Waals surface area contributed by atoms with Gasteiger partial charge in [0, 0.05) is 21.5 Å². The Hall–Kier alpha value is -0.900. The number of thiol groups is 1. The second-order valence-electron chi connectivity index (χ2n) is 3.78. The Bertz CT molecular complexity index is 516. The lowest BCUT2D eigenvalue weighted by molar-refractivity contribution is 0.113. The Morgan fingerprint density at radius 3 is 2.50 bits per heavy atom. The summed E-state index contributed by atoms with van der Waals surface area (Å²) < 4.78 is 11.0. The molecule has 0 aromatic heterocycles. The van der Waals surface area contributed by atoms with Gasteiger partial charge in [-0.05, 0) is 12.1 Å². The summed E-state index contributed by atoms with van der Waals surface area (Å²) in [5.74, 6) is 1.56. The molecule has 2 rings (SSSR count). The van der Waals surface area contributed by atoms with Gasteiger partial charge >= 0.3 is 0 Å². The van der Waals surface area contributed by atoms with Crippen LogP contribution in [0.15, 0.2) is 36.4 Å². The summed E-state index contributed by atoms with van der Waals surface area (Å²) in [6.07, 6.45) is 0. The average Bonchev–Trinajstić information content (AvgIpc) is 2.41. The van der Waals surface area contributed by atoms with Crippen molar-refractivity contribution in [1.29, 1.82) is 0 Å². The van der Waals surface area contributed by atoms with Crippen molar-refractivity contribution >= 4 is 35.0 Å². The maximum absolute atomic E-state index is 6.14. The molecule has 0 N–H and O–H groups in total. The summed E-state index contributed by atoms with van der Waals surface area (Å²) in [4.78, 5) is 0. The van der Waals surface area contributed by atoms with Crippen molar-refractivity contribution in [3.63, 3.8) is 0 Å².